The molecule has 1 atom stereocenters. The van der Waals surface area contributed by atoms with Crippen LogP contribution in [-0.4, -0.2) is 43.6 Å². The lowest BCUT2D eigenvalue weighted by molar-refractivity contribution is -0.133. The van der Waals surface area contributed by atoms with Gasteiger partial charge in [-0.15, -0.1) is 0 Å². The summed E-state index contributed by atoms with van der Waals surface area (Å²) < 4.78 is 5.76. The van der Waals surface area contributed by atoms with Crippen molar-refractivity contribution in [3.63, 3.8) is 0 Å². The van der Waals surface area contributed by atoms with Crippen LogP contribution in [0.25, 0.3) is 0 Å². The zero-order chi connectivity index (χ0) is 15.2. The lowest BCUT2D eigenvalue weighted by atomic mass is 10.0. The van der Waals surface area contributed by atoms with E-state index in [9.17, 15) is 4.79 Å². The van der Waals surface area contributed by atoms with Crippen molar-refractivity contribution < 1.29 is 9.53 Å². The lowest BCUT2D eigenvalue weighted by Gasteiger charge is -2.27. The fourth-order valence-corrected chi connectivity index (χ4v) is 2.76. The minimum absolute atomic E-state index is 0.00929. The first kappa shape index (κ1) is 15.8. The minimum Gasteiger partial charge on any atom is -0.492 e. The number of hydrogen-bond acceptors (Lipinski definition) is 3. The standard InChI is InChI=1S/C17H26N2O2/c1-13-10-14(2)12-15(11-13)21-9-8-19(3)17(20)16-6-4-5-7-18-16/h10-12,16,18H,4-9H2,1-3H3. The fraction of sp³-hybridized carbons (Fsp3) is 0.588. The number of piperidine rings is 1. The first-order chi connectivity index (χ1) is 10.1. The zero-order valence-corrected chi connectivity index (χ0v) is 13.3. The van der Waals surface area contributed by atoms with Crippen molar-refractivity contribution in [1.29, 1.82) is 0 Å². The number of carbonyl (C=O) groups is 1. The van der Waals surface area contributed by atoms with E-state index in [0.29, 0.717) is 13.2 Å². The van der Waals surface area contributed by atoms with Gasteiger partial charge in [-0.2, -0.15) is 0 Å². The molecule has 1 fully saturated rings. The first-order valence-electron chi connectivity index (χ1n) is 7.76. The van der Waals surface area contributed by atoms with Crippen LogP contribution in [0.3, 0.4) is 0 Å². The van der Waals surface area contributed by atoms with Crippen molar-refractivity contribution in [3.8, 4) is 5.75 Å². The van der Waals surface area contributed by atoms with Crippen LogP contribution >= 0.6 is 0 Å². The predicted octanol–water partition coefficient (Wildman–Crippen LogP) is 2.28. The minimum atomic E-state index is -0.00929. The van der Waals surface area contributed by atoms with Gasteiger partial charge in [0.2, 0.25) is 5.91 Å². The van der Waals surface area contributed by atoms with Gasteiger partial charge in [0, 0.05) is 7.05 Å². The maximum atomic E-state index is 12.3. The molecule has 21 heavy (non-hydrogen) atoms. The molecule has 0 bridgehead atoms. The van der Waals surface area contributed by atoms with Crippen molar-refractivity contribution in [1.82, 2.24) is 10.2 Å². The highest BCUT2D eigenvalue weighted by molar-refractivity contribution is 5.81. The number of benzene rings is 1. The molecule has 1 aliphatic rings. The molecule has 0 saturated carbocycles. The lowest BCUT2D eigenvalue weighted by Crippen LogP contribution is -2.48. The number of aryl methyl sites for hydroxylation is 2. The number of rotatable bonds is 5. The maximum absolute atomic E-state index is 12.3. The fourth-order valence-electron chi connectivity index (χ4n) is 2.76. The Morgan fingerprint density at radius 2 is 2.00 bits per heavy atom. The molecule has 1 amide bonds. The summed E-state index contributed by atoms with van der Waals surface area (Å²) in [7, 11) is 1.85. The molecule has 0 aromatic heterocycles. The molecule has 1 heterocycles. The third kappa shape index (κ3) is 4.74. The van der Waals surface area contributed by atoms with Crippen LogP contribution in [0.1, 0.15) is 30.4 Å². The van der Waals surface area contributed by atoms with Crippen LogP contribution in [0.5, 0.6) is 5.75 Å². The third-order valence-corrected chi connectivity index (χ3v) is 3.88. The third-order valence-electron chi connectivity index (χ3n) is 3.88. The van der Waals surface area contributed by atoms with E-state index in [4.69, 9.17) is 4.74 Å². The molecule has 1 aliphatic heterocycles. The summed E-state index contributed by atoms with van der Waals surface area (Å²) in [5.41, 5.74) is 2.39. The monoisotopic (exact) mass is 290 g/mol. The zero-order valence-electron chi connectivity index (χ0n) is 13.3. The molecule has 0 spiro atoms. The van der Waals surface area contributed by atoms with Crippen LogP contribution in [0.4, 0.5) is 0 Å². The number of carbonyl (C=O) groups excluding carboxylic acids is 1. The molecule has 116 valence electrons. The Kier molecular flexibility index (Phi) is 5.62. The molecular weight excluding hydrogens is 264 g/mol. The highest BCUT2D eigenvalue weighted by Gasteiger charge is 2.23. The predicted molar refractivity (Wildman–Crippen MR) is 84.7 cm³/mol. The molecule has 0 aliphatic carbocycles. The molecule has 1 aromatic carbocycles. The average Bonchev–Trinajstić information content (AvgIpc) is 2.46. The number of ether oxygens (including phenoxy) is 1. The first-order valence-corrected chi connectivity index (χ1v) is 7.76. The van der Waals surface area contributed by atoms with Crippen LogP contribution in [0.2, 0.25) is 0 Å². The van der Waals surface area contributed by atoms with E-state index in [1.54, 1.807) is 4.90 Å². The van der Waals surface area contributed by atoms with Gasteiger partial charge in [-0.25, -0.2) is 0 Å². The Bertz CT molecular complexity index is 461. The Balaban J connectivity index is 1.78. The maximum Gasteiger partial charge on any atom is 0.239 e. The van der Waals surface area contributed by atoms with Gasteiger partial charge < -0.3 is 15.0 Å². The smallest absolute Gasteiger partial charge is 0.239 e. The van der Waals surface area contributed by atoms with E-state index in [2.05, 4.69) is 25.2 Å². The van der Waals surface area contributed by atoms with Crippen molar-refractivity contribution in [2.75, 3.05) is 26.7 Å². The van der Waals surface area contributed by atoms with E-state index >= 15 is 0 Å². The molecule has 0 radical (unpaired) electrons. The van der Waals surface area contributed by atoms with Gasteiger partial charge in [0.15, 0.2) is 0 Å². The summed E-state index contributed by atoms with van der Waals surface area (Å²) in [6, 6.07) is 6.16. The molecular formula is C17H26N2O2. The second kappa shape index (κ2) is 7.46. The van der Waals surface area contributed by atoms with Gasteiger partial charge >= 0.3 is 0 Å². The number of hydrogen-bond donors (Lipinski definition) is 1. The molecule has 1 aromatic rings. The number of amides is 1. The number of likely N-dealkylation sites (N-methyl/N-ethyl adjacent to an activating group) is 1. The van der Waals surface area contributed by atoms with Gasteiger partial charge in [0.1, 0.15) is 12.4 Å². The summed E-state index contributed by atoms with van der Waals surface area (Å²) in [5.74, 6) is 1.06. The SMILES string of the molecule is Cc1cc(C)cc(OCCN(C)C(=O)C2CCCCN2)c1. The molecule has 1 N–H and O–H groups in total. The van der Waals surface area contributed by atoms with Gasteiger partial charge in [-0.05, 0) is 56.5 Å². The molecule has 2 rings (SSSR count). The number of nitrogens with one attached hydrogen (secondary N) is 1. The normalized spacial score (nSPS) is 18.3. The molecule has 4 nitrogen and oxygen atoms in total. The van der Waals surface area contributed by atoms with Crippen LogP contribution in [-0.2, 0) is 4.79 Å². The number of nitrogens with zero attached hydrogens (tertiary/aromatic N) is 1. The Hall–Kier alpha value is -1.55. The van der Waals surface area contributed by atoms with Crippen LogP contribution < -0.4 is 10.1 Å². The molecule has 4 heteroatoms. The van der Waals surface area contributed by atoms with E-state index < -0.39 is 0 Å². The van der Waals surface area contributed by atoms with Crippen molar-refractivity contribution >= 4 is 5.91 Å². The molecule has 1 unspecified atom stereocenters. The van der Waals surface area contributed by atoms with Gasteiger partial charge in [0.05, 0.1) is 12.6 Å². The Labute approximate surface area is 127 Å². The van der Waals surface area contributed by atoms with Crippen LogP contribution in [0.15, 0.2) is 18.2 Å². The van der Waals surface area contributed by atoms with Gasteiger partial charge in [-0.1, -0.05) is 12.5 Å². The van der Waals surface area contributed by atoms with E-state index in [0.717, 1.165) is 25.1 Å². The summed E-state index contributed by atoms with van der Waals surface area (Å²) in [5, 5.41) is 3.29. The van der Waals surface area contributed by atoms with E-state index in [1.165, 1.54) is 17.5 Å². The highest BCUT2D eigenvalue weighted by atomic mass is 16.5. The molecule has 1 saturated heterocycles. The second-order valence-electron chi connectivity index (χ2n) is 5.93. The van der Waals surface area contributed by atoms with Crippen molar-refractivity contribution in [2.45, 2.75) is 39.2 Å². The van der Waals surface area contributed by atoms with E-state index in [1.807, 2.05) is 19.2 Å². The second-order valence-corrected chi connectivity index (χ2v) is 5.93. The van der Waals surface area contributed by atoms with Gasteiger partial charge in [0.25, 0.3) is 0 Å². The summed E-state index contributed by atoms with van der Waals surface area (Å²) in [6.45, 7) is 6.21. The largest absolute Gasteiger partial charge is 0.492 e. The summed E-state index contributed by atoms with van der Waals surface area (Å²) >= 11 is 0. The average molecular weight is 290 g/mol. The Morgan fingerprint density at radius 1 is 1.29 bits per heavy atom. The van der Waals surface area contributed by atoms with Crippen molar-refractivity contribution in [2.24, 2.45) is 0 Å². The summed E-state index contributed by atoms with van der Waals surface area (Å²) in [4.78, 5) is 14.0. The van der Waals surface area contributed by atoms with Gasteiger partial charge in [-0.3, -0.25) is 4.79 Å². The quantitative estimate of drug-likeness (QED) is 0.904. The highest BCUT2D eigenvalue weighted by Crippen LogP contribution is 2.16. The summed E-state index contributed by atoms with van der Waals surface area (Å²) in [6.07, 6.45) is 3.25. The van der Waals surface area contributed by atoms with Crippen molar-refractivity contribution in [3.05, 3.63) is 29.3 Å². The topological polar surface area (TPSA) is 41.6 Å². The van der Waals surface area contributed by atoms with Crippen LogP contribution in [0, 0.1) is 13.8 Å². The Morgan fingerprint density at radius 3 is 2.62 bits per heavy atom. The van der Waals surface area contributed by atoms with E-state index in [-0.39, 0.29) is 11.9 Å².